The van der Waals surface area contributed by atoms with Crippen molar-refractivity contribution in [1.82, 2.24) is 16.0 Å². The number of para-hydroxylation sites is 1. The quantitative estimate of drug-likeness (QED) is 0.679. The van der Waals surface area contributed by atoms with Crippen molar-refractivity contribution in [2.45, 2.75) is 52.2 Å². The lowest BCUT2D eigenvalue weighted by Crippen LogP contribution is -2.52. The van der Waals surface area contributed by atoms with Crippen molar-refractivity contribution in [3.8, 4) is 5.75 Å². The average molecular weight is 339 g/mol. The van der Waals surface area contributed by atoms with Gasteiger partial charge in [0.25, 0.3) is 0 Å². The van der Waals surface area contributed by atoms with E-state index in [1.807, 2.05) is 13.8 Å². The summed E-state index contributed by atoms with van der Waals surface area (Å²) in [6.45, 7) is 7.31. The monoisotopic (exact) mass is 339 g/mol. The molecule has 0 unspecified atom stereocenters. The van der Waals surface area contributed by atoms with Crippen LogP contribution in [0.4, 0.5) is 9.18 Å². The van der Waals surface area contributed by atoms with Gasteiger partial charge in [0.05, 0.1) is 6.04 Å². The van der Waals surface area contributed by atoms with Gasteiger partial charge in [-0.25, -0.2) is 9.18 Å². The van der Waals surface area contributed by atoms with Crippen LogP contribution in [0.3, 0.4) is 0 Å². The van der Waals surface area contributed by atoms with E-state index in [4.69, 9.17) is 4.74 Å². The van der Waals surface area contributed by atoms with E-state index in [0.29, 0.717) is 0 Å². The van der Waals surface area contributed by atoms with E-state index in [0.717, 1.165) is 6.42 Å². The number of nitrogens with one attached hydrogen (secondary N) is 3. The van der Waals surface area contributed by atoms with Gasteiger partial charge in [0.1, 0.15) is 12.6 Å². The number of hydrogen-bond donors (Lipinski definition) is 3. The molecule has 24 heavy (non-hydrogen) atoms. The Kier molecular flexibility index (Phi) is 8.01. The highest BCUT2D eigenvalue weighted by molar-refractivity contribution is 5.86. The predicted molar refractivity (Wildman–Crippen MR) is 90.4 cm³/mol. The number of carbonyl (C=O) groups excluding carboxylic acids is 2. The lowest BCUT2D eigenvalue weighted by atomic mass is 10.2. The summed E-state index contributed by atoms with van der Waals surface area (Å²) in [5, 5.41) is 8.00. The summed E-state index contributed by atoms with van der Waals surface area (Å²) in [6, 6.07) is 4.63. The first kappa shape index (κ1) is 19.7. The summed E-state index contributed by atoms with van der Waals surface area (Å²) in [7, 11) is 0. The molecule has 1 rings (SSSR count). The van der Waals surface area contributed by atoms with Crippen molar-refractivity contribution in [3.05, 3.63) is 30.1 Å². The Hall–Kier alpha value is -2.31. The largest absolute Gasteiger partial charge is 0.488 e. The molecule has 0 aromatic heterocycles. The van der Waals surface area contributed by atoms with Crippen molar-refractivity contribution in [2.75, 3.05) is 6.61 Å². The number of ether oxygens (including phenoxy) is 1. The molecule has 3 N–H and O–H groups in total. The third kappa shape index (κ3) is 6.85. The fourth-order valence-corrected chi connectivity index (χ4v) is 1.82. The number of halogens is 1. The summed E-state index contributed by atoms with van der Waals surface area (Å²) in [5.74, 6) is -0.563. The van der Waals surface area contributed by atoms with E-state index >= 15 is 0 Å². The first-order valence-electron chi connectivity index (χ1n) is 8.08. The van der Waals surface area contributed by atoms with E-state index in [1.54, 1.807) is 26.0 Å². The minimum absolute atomic E-state index is 0.0536. The van der Waals surface area contributed by atoms with Crippen LogP contribution in [0.5, 0.6) is 5.75 Å². The van der Waals surface area contributed by atoms with Gasteiger partial charge >= 0.3 is 6.03 Å². The molecule has 6 nitrogen and oxygen atoms in total. The summed E-state index contributed by atoms with van der Waals surface area (Å²) in [4.78, 5) is 23.7. The Balaban J connectivity index is 2.36. The summed E-state index contributed by atoms with van der Waals surface area (Å²) in [5.41, 5.74) is 0. The average Bonchev–Trinajstić information content (AvgIpc) is 2.53. The zero-order chi connectivity index (χ0) is 18.1. The van der Waals surface area contributed by atoms with Crippen LogP contribution in [-0.4, -0.2) is 36.7 Å². The minimum Gasteiger partial charge on any atom is -0.488 e. The van der Waals surface area contributed by atoms with E-state index in [2.05, 4.69) is 16.0 Å². The standard InChI is InChI=1S/C17H26FN3O3/c1-5-11(2)19-16(22)13(4)21-17(23)20-12(3)10-24-15-9-7-6-8-14(15)18/h6-9,11-13H,5,10H2,1-4H3,(H,19,22)(H2,20,21,23)/t11-,12+,13-/m0/s1. The lowest BCUT2D eigenvalue weighted by Gasteiger charge is -2.20. The number of amides is 3. The molecule has 0 bridgehead atoms. The molecule has 0 heterocycles. The van der Waals surface area contributed by atoms with E-state index in [9.17, 15) is 14.0 Å². The van der Waals surface area contributed by atoms with Crippen molar-refractivity contribution < 1.29 is 18.7 Å². The molecule has 134 valence electrons. The number of carbonyl (C=O) groups is 2. The smallest absolute Gasteiger partial charge is 0.315 e. The number of rotatable bonds is 8. The topological polar surface area (TPSA) is 79.5 Å². The van der Waals surface area contributed by atoms with Crippen LogP contribution in [0.15, 0.2) is 24.3 Å². The SMILES string of the molecule is CC[C@H](C)NC(=O)[C@H](C)NC(=O)N[C@H](C)COc1ccccc1F. The molecule has 0 aliphatic heterocycles. The first-order valence-corrected chi connectivity index (χ1v) is 8.08. The van der Waals surface area contributed by atoms with Crippen LogP contribution in [0.1, 0.15) is 34.1 Å². The molecule has 0 aliphatic carbocycles. The van der Waals surface area contributed by atoms with Crippen molar-refractivity contribution in [1.29, 1.82) is 0 Å². The van der Waals surface area contributed by atoms with Crippen LogP contribution in [0.25, 0.3) is 0 Å². The molecule has 0 saturated heterocycles. The van der Waals surface area contributed by atoms with E-state index < -0.39 is 17.9 Å². The maximum absolute atomic E-state index is 13.4. The number of hydrogen-bond acceptors (Lipinski definition) is 3. The Morgan fingerprint density at radius 3 is 2.38 bits per heavy atom. The van der Waals surface area contributed by atoms with Gasteiger partial charge in [0.2, 0.25) is 5.91 Å². The zero-order valence-electron chi connectivity index (χ0n) is 14.6. The molecular formula is C17H26FN3O3. The van der Waals surface area contributed by atoms with Crippen molar-refractivity contribution in [3.63, 3.8) is 0 Å². The molecule has 0 fully saturated rings. The molecule has 3 atom stereocenters. The van der Waals surface area contributed by atoms with Gasteiger partial charge in [-0.3, -0.25) is 4.79 Å². The Morgan fingerprint density at radius 2 is 1.75 bits per heavy atom. The van der Waals surface area contributed by atoms with Crippen molar-refractivity contribution in [2.24, 2.45) is 0 Å². The molecule has 0 aliphatic rings. The van der Waals surface area contributed by atoms with Gasteiger partial charge in [-0.2, -0.15) is 0 Å². The Morgan fingerprint density at radius 1 is 1.08 bits per heavy atom. The zero-order valence-corrected chi connectivity index (χ0v) is 14.6. The van der Waals surface area contributed by atoms with Crippen LogP contribution < -0.4 is 20.7 Å². The number of benzene rings is 1. The maximum atomic E-state index is 13.4. The van der Waals surface area contributed by atoms with Crippen LogP contribution in [0.2, 0.25) is 0 Å². The summed E-state index contributed by atoms with van der Waals surface area (Å²) in [6.07, 6.45) is 0.815. The third-order valence-electron chi connectivity index (χ3n) is 3.44. The van der Waals surface area contributed by atoms with Gasteiger partial charge in [0.15, 0.2) is 11.6 Å². The highest BCUT2D eigenvalue weighted by atomic mass is 19.1. The molecule has 3 amide bonds. The summed E-state index contributed by atoms with van der Waals surface area (Å²) >= 11 is 0. The predicted octanol–water partition coefficient (Wildman–Crippen LogP) is 2.20. The van der Waals surface area contributed by atoms with Gasteiger partial charge in [-0.15, -0.1) is 0 Å². The van der Waals surface area contributed by atoms with Gasteiger partial charge < -0.3 is 20.7 Å². The summed E-state index contributed by atoms with van der Waals surface area (Å²) < 4.78 is 18.7. The molecule has 1 aromatic rings. The molecule has 1 aromatic carbocycles. The second-order valence-corrected chi connectivity index (χ2v) is 5.80. The fourth-order valence-electron chi connectivity index (χ4n) is 1.82. The number of urea groups is 1. The Bertz CT molecular complexity index is 554. The highest BCUT2D eigenvalue weighted by Crippen LogP contribution is 2.15. The minimum atomic E-state index is -0.654. The second-order valence-electron chi connectivity index (χ2n) is 5.80. The molecule has 0 saturated carbocycles. The van der Waals surface area contributed by atoms with E-state index in [1.165, 1.54) is 12.1 Å². The van der Waals surface area contributed by atoms with Gasteiger partial charge in [0, 0.05) is 6.04 Å². The maximum Gasteiger partial charge on any atom is 0.315 e. The third-order valence-corrected chi connectivity index (χ3v) is 3.44. The fraction of sp³-hybridized carbons (Fsp3) is 0.529. The normalized spacial score (nSPS) is 14.2. The molecule has 0 radical (unpaired) electrons. The second kappa shape index (κ2) is 9.75. The van der Waals surface area contributed by atoms with Crippen LogP contribution in [0, 0.1) is 5.82 Å². The molecule has 7 heteroatoms. The first-order chi connectivity index (χ1) is 11.3. The molecule has 0 spiro atoms. The van der Waals surface area contributed by atoms with Crippen LogP contribution >= 0.6 is 0 Å². The van der Waals surface area contributed by atoms with Crippen molar-refractivity contribution >= 4 is 11.9 Å². The highest BCUT2D eigenvalue weighted by Gasteiger charge is 2.18. The molecular weight excluding hydrogens is 313 g/mol. The van der Waals surface area contributed by atoms with Crippen LogP contribution in [-0.2, 0) is 4.79 Å². The van der Waals surface area contributed by atoms with Gasteiger partial charge in [-0.05, 0) is 39.3 Å². The Labute approximate surface area is 142 Å². The lowest BCUT2D eigenvalue weighted by molar-refractivity contribution is -0.123. The van der Waals surface area contributed by atoms with E-state index in [-0.39, 0.29) is 30.3 Å². The van der Waals surface area contributed by atoms with Gasteiger partial charge in [-0.1, -0.05) is 19.1 Å².